The van der Waals surface area contributed by atoms with Crippen molar-refractivity contribution in [2.75, 3.05) is 0 Å². The van der Waals surface area contributed by atoms with Crippen LogP contribution in [0.2, 0.25) is 0 Å². The molecule has 1 rings (SSSR count). The topological polar surface area (TPSA) is 58.9 Å². The summed E-state index contributed by atoms with van der Waals surface area (Å²) in [5, 5.41) is 0. The summed E-state index contributed by atoms with van der Waals surface area (Å²) in [6.45, 7) is 1.45. The maximum atomic E-state index is 10.9. The van der Waals surface area contributed by atoms with Crippen LogP contribution in [0.25, 0.3) is 0 Å². The van der Waals surface area contributed by atoms with Crippen LogP contribution >= 0.6 is 12.2 Å². The first kappa shape index (κ1) is 9.09. The normalized spacial score (nSPS) is 12.5. The number of Topliss-reactive ketones (excluding diaryl/α,β-unsaturated/α-hetero) is 1. The largest absolute Gasteiger partial charge is 0.353 e. The third kappa shape index (κ3) is 1.78. The standard InChI is InChI=1S/C8H10N2OS/c1-5(11)7(9)6-3-2-4-10-8(6)12/h2-4,7H,9H2,1H3,(H,10,12). The van der Waals surface area contributed by atoms with Gasteiger partial charge in [-0.15, -0.1) is 0 Å². The molecular weight excluding hydrogens is 172 g/mol. The van der Waals surface area contributed by atoms with E-state index in [-0.39, 0.29) is 5.78 Å². The molecule has 1 unspecified atom stereocenters. The van der Waals surface area contributed by atoms with Crippen molar-refractivity contribution in [1.82, 2.24) is 4.98 Å². The van der Waals surface area contributed by atoms with Crippen LogP contribution in [0, 0.1) is 4.64 Å². The number of aromatic nitrogens is 1. The van der Waals surface area contributed by atoms with Crippen LogP contribution in [0.15, 0.2) is 18.3 Å². The van der Waals surface area contributed by atoms with Crippen LogP contribution < -0.4 is 5.73 Å². The van der Waals surface area contributed by atoms with Gasteiger partial charge in [-0.25, -0.2) is 0 Å². The predicted molar refractivity (Wildman–Crippen MR) is 49.2 cm³/mol. The van der Waals surface area contributed by atoms with Gasteiger partial charge in [0.15, 0.2) is 5.78 Å². The molecule has 0 amide bonds. The van der Waals surface area contributed by atoms with Gasteiger partial charge in [0.05, 0.1) is 6.04 Å². The van der Waals surface area contributed by atoms with Crippen molar-refractivity contribution in [3.05, 3.63) is 28.5 Å². The summed E-state index contributed by atoms with van der Waals surface area (Å²) >= 11 is 4.96. The first-order chi connectivity index (χ1) is 5.63. The molecule has 1 aromatic rings. The number of nitrogens with one attached hydrogen (secondary N) is 1. The van der Waals surface area contributed by atoms with Gasteiger partial charge in [0.25, 0.3) is 0 Å². The minimum Gasteiger partial charge on any atom is -0.353 e. The highest BCUT2D eigenvalue weighted by Crippen LogP contribution is 2.10. The van der Waals surface area contributed by atoms with Crippen LogP contribution in [0.4, 0.5) is 0 Å². The molecule has 1 heterocycles. The zero-order chi connectivity index (χ0) is 9.14. The SMILES string of the molecule is CC(=O)C(N)c1ccc[nH]c1=S. The Balaban J connectivity index is 3.11. The van der Waals surface area contributed by atoms with Gasteiger partial charge in [-0.1, -0.05) is 18.3 Å². The van der Waals surface area contributed by atoms with Crippen molar-refractivity contribution in [2.24, 2.45) is 5.73 Å². The molecule has 0 bridgehead atoms. The summed E-state index contributed by atoms with van der Waals surface area (Å²) < 4.78 is 0.528. The molecule has 3 N–H and O–H groups in total. The molecule has 0 fully saturated rings. The molecule has 0 radical (unpaired) electrons. The summed E-state index contributed by atoms with van der Waals surface area (Å²) in [5.41, 5.74) is 6.28. The van der Waals surface area contributed by atoms with Crippen molar-refractivity contribution in [2.45, 2.75) is 13.0 Å². The Kier molecular flexibility index (Phi) is 2.73. The lowest BCUT2D eigenvalue weighted by molar-refractivity contribution is -0.118. The highest BCUT2D eigenvalue weighted by molar-refractivity contribution is 7.71. The summed E-state index contributed by atoms with van der Waals surface area (Å²) in [7, 11) is 0. The van der Waals surface area contributed by atoms with E-state index in [1.807, 2.05) is 0 Å². The van der Waals surface area contributed by atoms with Crippen LogP contribution in [0.5, 0.6) is 0 Å². The average Bonchev–Trinajstić information content (AvgIpc) is 2.04. The highest BCUT2D eigenvalue weighted by atomic mass is 32.1. The summed E-state index contributed by atoms with van der Waals surface area (Å²) in [6, 6.07) is 2.92. The average molecular weight is 182 g/mol. The number of carbonyl (C=O) groups excluding carboxylic acids is 1. The molecule has 0 aliphatic rings. The van der Waals surface area contributed by atoms with Crippen molar-refractivity contribution >= 4 is 18.0 Å². The van der Waals surface area contributed by atoms with Gasteiger partial charge in [0, 0.05) is 11.8 Å². The van der Waals surface area contributed by atoms with Gasteiger partial charge in [0.1, 0.15) is 4.64 Å². The van der Waals surface area contributed by atoms with Gasteiger partial charge in [-0.2, -0.15) is 0 Å². The number of aromatic amines is 1. The van der Waals surface area contributed by atoms with Crippen LogP contribution in [-0.2, 0) is 4.79 Å². The smallest absolute Gasteiger partial charge is 0.151 e. The lowest BCUT2D eigenvalue weighted by atomic mass is 10.1. The van der Waals surface area contributed by atoms with Gasteiger partial charge >= 0.3 is 0 Å². The molecule has 0 saturated carbocycles. The molecule has 1 atom stereocenters. The molecule has 64 valence electrons. The first-order valence-electron chi connectivity index (χ1n) is 3.56. The summed E-state index contributed by atoms with van der Waals surface area (Å²) in [5.74, 6) is -0.0827. The first-order valence-corrected chi connectivity index (χ1v) is 3.97. The maximum absolute atomic E-state index is 10.9. The number of hydrogen-bond donors (Lipinski definition) is 2. The minimum absolute atomic E-state index is 0.0827. The third-order valence-corrected chi connectivity index (χ3v) is 1.98. The molecule has 4 heteroatoms. The van der Waals surface area contributed by atoms with E-state index in [0.29, 0.717) is 10.2 Å². The van der Waals surface area contributed by atoms with Crippen molar-refractivity contribution in [3.63, 3.8) is 0 Å². The minimum atomic E-state index is -0.602. The number of ketones is 1. The second-order valence-corrected chi connectivity index (χ2v) is 2.95. The fourth-order valence-electron chi connectivity index (χ4n) is 0.898. The molecule has 0 aliphatic heterocycles. The zero-order valence-electron chi connectivity index (χ0n) is 6.70. The molecule has 3 nitrogen and oxygen atoms in total. The second kappa shape index (κ2) is 3.60. The Bertz CT molecular complexity index is 345. The van der Waals surface area contributed by atoms with Gasteiger partial charge < -0.3 is 10.7 Å². The van der Waals surface area contributed by atoms with E-state index in [2.05, 4.69) is 4.98 Å². The lowest BCUT2D eigenvalue weighted by Crippen LogP contribution is -2.19. The molecular formula is C8H10N2OS. The third-order valence-electron chi connectivity index (χ3n) is 1.62. The summed E-state index contributed by atoms with van der Waals surface area (Å²) in [4.78, 5) is 13.7. The molecule has 0 aliphatic carbocycles. The number of hydrogen-bond acceptors (Lipinski definition) is 3. The molecule has 1 aromatic heterocycles. The van der Waals surface area contributed by atoms with Crippen molar-refractivity contribution < 1.29 is 4.79 Å². The van der Waals surface area contributed by atoms with E-state index < -0.39 is 6.04 Å². The van der Waals surface area contributed by atoms with E-state index in [4.69, 9.17) is 18.0 Å². The number of pyridine rings is 1. The Morgan fingerprint density at radius 3 is 2.92 bits per heavy atom. The van der Waals surface area contributed by atoms with Gasteiger partial charge in [-0.05, 0) is 13.0 Å². The Hall–Kier alpha value is -1.00. The Morgan fingerprint density at radius 2 is 2.42 bits per heavy atom. The van der Waals surface area contributed by atoms with E-state index >= 15 is 0 Å². The zero-order valence-corrected chi connectivity index (χ0v) is 7.52. The Morgan fingerprint density at radius 1 is 1.75 bits per heavy atom. The van der Waals surface area contributed by atoms with Crippen LogP contribution in [-0.4, -0.2) is 10.8 Å². The van der Waals surface area contributed by atoms with Gasteiger partial charge in [-0.3, -0.25) is 4.79 Å². The second-order valence-electron chi connectivity index (χ2n) is 2.54. The number of nitrogens with two attached hydrogens (primary N) is 1. The maximum Gasteiger partial charge on any atom is 0.151 e. The van der Waals surface area contributed by atoms with E-state index in [0.717, 1.165) is 0 Å². The quantitative estimate of drug-likeness (QED) is 0.678. The molecule has 0 saturated heterocycles. The fraction of sp³-hybridized carbons (Fsp3) is 0.250. The molecule has 0 spiro atoms. The molecule has 0 aromatic carbocycles. The Labute approximate surface area is 75.6 Å². The number of carbonyl (C=O) groups is 1. The van der Waals surface area contributed by atoms with Crippen molar-refractivity contribution in [1.29, 1.82) is 0 Å². The number of rotatable bonds is 2. The number of H-pyrrole nitrogens is 1. The predicted octanol–water partition coefficient (Wildman–Crippen LogP) is 1.33. The van der Waals surface area contributed by atoms with Crippen LogP contribution in [0.3, 0.4) is 0 Å². The molecule has 12 heavy (non-hydrogen) atoms. The van der Waals surface area contributed by atoms with Crippen LogP contribution in [0.1, 0.15) is 18.5 Å². The van der Waals surface area contributed by atoms with Gasteiger partial charge in [0.2, 0.25) is 0 Å². The highest BCUT2D eigenvalue weighted by Gasteiger charge is 2.11. The van der Waals surface area contributed by atoms with E-state index in [1.54, 1.807) is 18.3 Å². The lowest BCUT2D eigenvalue weighted by Gasteiger charge is -2.06. The monoisotopic (exact) mass is 182 g/mol. The van der Waals surface area contributed by atoms with E-state index in [9.17, 15) is 4.79 Å². The fourth-order valence-corrected chi connectivity index (χ4v) is 1.16. The van der Waals surface area contributed by atoms with E-state index in [1.165, 1.54) is 6.92 Å². The summed E-state index contributed by atoms with van der Waals surface area (Å²) in [6.07, 6.45) is 1.71. The van der Waals surface area contributed by atoms with Crippen molar-refractivity contribution in [3.8, 4) is 0 Å².